The second-order valence-electron chi connectivity index (χ2n) is 4.50. The fourth-order valence-electron chi connectivity index (χ4n) is 2.17. The van der Waals surface area contributed by atoms with E-state index in [0.29, 0.717) is 16.9 Å². The van der Waals surface area contributed by atoms with Gasteiger partial charge in [0.2, 0.25) is 0 Å². The molecule has 0 spiro atoms. The number of carboxylic acid groups (broad SMARTS) is 1. The van der Waals surface area contributed by atoms with Gasteiger partial charge in [-0.1, -0.05) is 0 Å². The van der Waals surface area contributed by atoms with Crippen molar-refractivity contribution in [3.8, 4) is 11.4 Å². The molecule has 3 rings (SSSR count). The van der Waals surface area contributed by atoms with E-state index in [2.05, 4.69) is 4.98 Å². The molecule has 0 atom stereocenters. The van der Waals surface area contributed by atoms with Crippen LogP contribution in [-0.4, -0.2) is 20.6 Å². The van der Waals surface area contributed by atoms with Gasteiger partial charge in [-0.05, 0) is 6.07 Å². The highest BCUT2D eigenvalue weighted by Crippen LogP contribution is 2.27. The van der Waals surface area contributed by atoms with Crippen LogP contribution in [0.2, 0.25) is 0 Å². The zero-order chi connectivity index (χ0) is 15.0. The summed E-state index contributed by atoms with van der Waals surface area (Å²) in [7, 11) is 0. The quantitative estimate of drug-likeness (QED) is 0.802. The fraction of sp³-hybridized carbons (Fsp3) is 0.143. The summed E-state index contributed by atoms with van der Waals surface area (Å²) in [6.45, 7) is 0.0947. The molecule has 0 aliphatic carbocycles. The van der Waals surface area contributed by atoms with Crippen LogP contribution in [-0.2, 0) is 11.3 Å². The predicted octanol–water partition coefficient (Wildman–Crippen LogP) is 3.05. The van der Waals surface area contributed by atoms with E-state index in [9.17, 15) is 13.6 Å². The Kier molecular flexibility index (Phi) is 3.17. The lowest BCUT2D eigenvalue weighted by molar-refractivity contribution is -0.137. The maximum atomic E-state index is 13.4. The second kappa shape index (κ2) is 5.01. The number of aromatic nitrogens is 2. The summed E-state index contributed by atoms with van der Waals surface area (Å²) in [5.41, 5.74) is 1.21. The number of furan rings is 1. The predicted molar refractivity (Wildman–Crippen MR) is 69.6 cm³/mol. The standard InChI is InChI=1S/C14H10F2N2O3/c15-9-5-11-12(6-10(9)16)18(3-1-13(19)20)14(17-11)8-2-4-21-7-8/h2,4-7H,1,3H2,(H,19,20). The van der Waals surface area contributed by atoms with Gasteiger partial charge in [0.1, 0.15) is 12.1 Å². The van der Waals surface area contributed by atoms with Gasteiger partial charge in [-0.25, -0.2) is 13.8 Å². The number of hydrogen-bond acceptors (Lipinski definition) is 3. The molecule has 3 aromatic rings. The third kappa shape index (κ3) is 2.37. The maximum absolute atomic E-state index is 13.4. The van der Waals surface area contributed by atoms with Crippen molar-refractivity contribution in [2.45, 2.75) is 13.0 Å². The highest BCUT2D eigenvalue weighted by atomic mass is 19.2. The summed E-state index contributed by atoms with van der Waals surface area (Å²) in [5.74, 6) is -2.58. The Morgan fingerprint density at radius 3 is 2.76 bits per heavy atom. The van der Waals surface area contributed by atoms with Gasteiger partial charge >= 0.3 is 5.97 Å². The normalized spacial score (nSPS) is 11.1. The van der Waals surface area contributed by atoms with Crippen LogP contribution in [0.1, 0.15) is 6.42 Å². The Hall–Kier alpha value is -2.70. The van der Waals surface area contributed by atoms with E-state index in [1.54, 1.807) is 6.07 Å². The molecule has 0 radical (unpaired) electrons. The lowest BCUT2D eigenvalue weighted by Gasteiger charge is -2.06. The molecule has 0 aliphatic heterocycles. The number of imidazole rings is 1. The zero-order valence-electron chi connectivity index (χ0n) is 10.7. The smallest absolute Gasteiger partial charge is 0.305 e. The first-order chi connectivity index (χ1) is 10.1. The molecule has 0 fully saturated rings. The van der Waals surface area contributed by atoms with E-state index in [1.807, 2.05) is 0 Å². The first-order valence-electron chi connectivity index (χ1n) is 6.16. The van der Waals surface area contributed by atoms with Crippen LogP contribution in [0.4, 0.5) is 8.78 Å². The van der Waals surface area contributed by atoms with Crippen LogP contribution in [0, 0.1) is 11.6 Å². The molecule has 0 amide bonds. The number of nitrogens with zero attached hydrogens (tertiary/aromatic N) is 2. The zero-order valence-corrected chi connectivity index (χ0v) is 10.7. The highest BCUT2D eigenvalue weighted by Gasteiger charge is 2.17. The Balaban J connectivity index is 2.20. The number of aryl methyl sites for hydroxylation is 1. The molecule has 0 unspecified atom stereocenters. The molecule has 0 aliphatic rings. The van der Waals surface area contributed by atoms with E-state index in [1.165, 1.54) is 17.1 Å². The van der Waals surface area contributed by atoms with Crippen molar-refractivity contribution in [1.29, 1.82) is 0 Å². The van der Waals surface area contributed by atoms with Crippen LogP contribution < -0.4 is 0 Å². The number of halogens is 2. The van der Waals surface area contributed by atoms with Gasteiger partial charge in [-0.15, -0.1) is 0 Å². The van der Waals surface area contributed by atoms with E-state index in [4.69, 9.17) is 9.52 Å². The minimum atomic E-state index is -1.00. The van der Waals surface area contributed by atoms with Crippen molar-refractivity contribution in [2.24, 2.45) is 0 Å². The molecule has 21 heavy (non-hydrogen) atoms. The summed E-state index contributed by atoms with van der Waals surface area (Å²) in [5, 5.41) is 8.82. The average Bonchev–Trinajstić information content (AvgIpc) is 3.04. The summed E-state index contributed by atoms with van der Waals surface area (Å²) >= 11 is 0. The molecule has 0 saturated carbocycles. The Morgan fingerprint density at radius 2 is 2.10 bits per heavy atom. The number of fused-ring (bicyclic) bond motifs is 1. The fourth-order valence-corrected chi connectivity index (χ4v) is 2.17. The van der Waals surface area contributed by atoms with Gasteiger partial charge in [0.15, 0.2) is 11.6 Å². The van der Waals surface area contributed by atoms with Crippen LogP contribution >= 0.6 is 0 Å². The summed E-state index contributed by atoms with van der Waals surface area (Å²) in [6.07, 6.45) is 2.72. The largest absolute Gasteiger partial charge is 0.481 e. The number of rotatable bonds is 4. The molecular weight excluding hydrogens is 282 g/mol. The maximum Gasteiger partial charge on any atom is 0.305 e. The Bertz CT molecular complexity index is 809. The van der Waals surface area contributed by atoms with Gasteiger partial charge < -0.3 is 14.1 Å². The van der Waals surface area contributed by atoms with Crippen LogP contribution in [0.25, 0.3) is 22.4 Å². The van der Waals surface area contributed by atoms with Gasteiger partial charge in [-0.2, -0.15) is 0 Å². The first-order valence-corrected chi connectivity index (χ1v) is 6.16. The van der Waals surface area contributed by atoms with Crippen molar-refractivity contribution in [3.63, 3.8) is 0 Å². The summed E-state index contributed by atoms with van der Waals surface area (Å²) in [4.78, 5) is 15.0. The number of carbonyl (C=O) groups is 1. The summed E-state index contributed by atoms with van der Waals surface area (Å²) < 4.78 is 33.3. The number of hydrogen-bond donors (Lipinski definition) is 1. The Morgan fingerprint density at radius 1 is 1.33 bits per heavy atom. The SMILES string of the molecule is O=C(O)CCn1c(-c2ccoc2)nc2cc(F)c(F)cc21. The molecule has 2 heterocycles. The molecule has 0 saturated heterocycles. The van der Waals surface area contributed by atoms with E-state index in [0.717, 1.165) is 12.1 Å². The molecule has 1 aromatic carbocycles. The van der Waals surface area contributed by atoms with Gasteiger partial charge in [-0.3, -0.25) is 4.79 Å². The van der Waals surface area contributed by atoms with Gasteiger partial charge in [0.25, 0.3) is 0 Å². The van der Waals surface area contributed by atoms with Crippen LogP contribution in [0.3, 0.4) is 0 Å². The number of aliphatic carboxylic acids is 1. The minimum absolute atomic E-state index is 0.0947. The first kappa shape index (κ1) is 13.3. The topological polar surface area (TPSA) is 68.3 Å². The highest BCUT2D eigenvalue weighted by molar-refractivity contribution is 5.81. The monoisotopic (exact) mass is 292 g/mol. The van der Waals surface area contributed by atoms with Crippen LogP contribution in [0.15, 0.2) is 35.1 Å². The number of carboxylic acids is 1. The van der Waals surface area contributed by atoms with Crippen LogP contribution in [0.5, 0.6) is 0 Å². The molecule has 7 heteroatoms. The minimum Gasteiger partial charge on any atom is -0.481 e. The van der Waals surface area contributed by atoms with Gasteiger partial charge in [0, 0.05) is 18.7 Å². The second-order valence-corrected chi connectivity index (χ2v) is 4.50. The molecule has 5 nitrogen and oxygen atoms in total. The molecule has 108 valence electrons. The van der Waals surface area contributed by atoms with Crippen molar-refractivity contribution in [2.75, 3.05) is 0 Å². The summed E-state index contributed by atoms with van der Waals surface area (Å²) in [6, 6.07) is 3.65. The number of benzene rings is 1. The van der Waals surface area contributed by atoms with Crippen molar-refractivity contribution in [3.05, 3.63) is 42.4 Å². The Labute approximate surface area is 117 Å². The average molecular weight is 292 g/mol. The van der Waals surface area contributed by atoms with Crippen molar-refractivity contribution >= 4 is 17.0 Å². The molecule has 1 N–H and O–H groups in total. The van der Waals surface area contributed by atoms with E-state index >= 15 is 0 Å². The van der Waals surface area contributed by atoms with E-state index in [-0.39, 0.29) is 18.5 Å². The third-order valence-corrected chi connectivity index (χ3v) is 3.12. The van der Waals surface area contributed by atoms with E-state index < -0.39 is 17.6 Å². The van der Waals surface area contributed by atoms with Crippen molar-refractivity contribution in [1.82, 2.24) is 9.55 Å². The lowest BCUT2D eigenvalue weighted by atomic mass is 10.3. The van der Waals surface area contributed by atoms with Crippen molar-refractivity contribution < 1.29 is 23.1 Å². The lowest BCUT2D eigenvalue weighted by Crippen LogP contribution is -2.06. The molecular formula is C14H10F2N2O3. The molecule has 2 aromatic heterocycles. The molecule has 0 bridgehead atoms. The van der Waals surface area contributed by atoms with Gasteiger partial charge in [0.05, 0.1) is 29.3 Å². The third-order valence-electron chi connectivity index (χ3n) is 3.12.